The van der Waals surface area contributed by atoms with E-state index in [2.05, 4.69) is 263 Å². The number of rotatable bonds is 14. The maximum Gasteiger partial charge on any atom is 0.0493 e. The summed E-state index contributed by atoms with van der Waals surface area (Å²) >= 11 is 0. The van der Waals surface area contributed by atoms with E-state index in [1.165, 1.54) is 67.0 Å². The molecular weight excluding hydrogens is 749 g/mol. The number of aryl methyl sites for hydroxylation is 3. The number of benzene rings is 8. The second-order valence-electron chi connectivity index (χ2n) is 16.3. The van der Waals surface area contributed by atoms with Crippen molar-refractivity contribution in [3.05, 3.63) is 239 Å². The lowest BCUT2D eigenvalue weighted by molar-refractivity contribution is 0.865. The van der Waals surface area contributed by atoms with Gasteiger partial charge in [0.25, 0.3) is 0 Å². The highest BCUT2D eigenvalue weighted by atomic mass is 15.1. The van der Waals surface area contributed by atoms with Gasteiger partial charge in [-0.2, -0.15) is 0 Å². The number of anilines is 6. The molecule has 0 bridgehead atoms. The van der Waals surface area contributed by atoms with Gasteiger partial charge in [-0.25, -0.2) is 0 Å². The largest absolute Gasteiger partial charge is 0.310 e. The predicted molar refractivity (Wildman–Crippen MR) is 270 cm³/mol. The molecule has 306 valence electrons. The highest BCUT2D eigenvalue weighted by Crippen LogP contribution is 2.41. The number of nitrogens with zero attached hydrogens (tertiary/aromatic N) is 2. The Morgan fingerprint density at radius 1 is 0.403 bits per heavy atom. The van der Waals surface area contributed by atoms with Crippen molar-refractivity contribution in [1.29, 1.82) is 0 Å². The minimum atomic E-state index is 0.466. The molecule has 0 aliphatic carbocycles. The Morgan fingerprint density at radius 3 is 1.21 bits per heavy atom. The van der Waals surface area contributed by atoms with Gasteiger partial charge in [0, 0.05) is 34.1 Å². The topological polar surface area (TPSA) is 6.48 Å². The van der Waals surface area contributed by atoms with Crippen LogP contribution in [0.15, 0.2) is 194 Å². The predicted octanol–water partition coefficient (Wildman–Crippen LogP) is 17.2. The molecule has 2 nitrogen and oxygen atoms in total. The molecule has 0 atom stereocenters. The maximum atomic E-state index is 2.41. The highest BCUT2D eigenvalue weighted by Gasteiger charge is 2.18. The number of hydrogen-bond donors (Lipinski definition) is 0. The van der Waals surface area contributed by atoms with E-state index in [4.69, 9.17) is 0 Å². The van der Waals surface area contributed by atoms with Gasteiger partial charge >= 0.3 is 0 Å². The summed E-state index contributed by atoms with van der Waals surface area (Å²) in [5.74, 6) is 0.466. The van der Waals surface area contributed by atoms with Gasteiger partial charge in [0.15, 0.2) is 0 Å². The quantitative estimate of drug-likeness (QED) is 0.101. The van der Waals surface area contributed by atoms with Crippen molar-refractivity contribution >= 4 is 58.4 Å². The molecule has 0 saturated heterocycles. The minimum absolute atomic E-state index is 0.466. The second-order valence-corrected chi connectivity index (χ2v) is 16.3. The van der Waals surface area contributed by atoms with Crippen molar-refractivity contribution in [1.82, 2.24) is 0 Å². The SMILES string of the molecule is CCc1ccc(N(c2ccc(C=Cc3ccccc3)cc2)c2ccc(-c3ccc(N(c4ccc(C=Cc5ccccc5)cc4)c4ccc(C(C)C)cc4C)cc3)cc2)c(CC)c1. The van der Waals surface area contributed by atoms with Gasteiger partial charge in [0.05, 0.1) is 0 Å². The molecule has 0 unspecified atom stereocenters. The second kappa shape index (κ2) is 19.5. The van der Waals surface area contributed by atoms with Crippen LogP contribution in [0, 0.1) is 6.92 Å². The first kappa shape index (κ1) is 41.6. The van der Waals surface area contributed by atoms with Crippen molar-refractivity contribution in [2.75, 3.05) is 9.80 Å². The van der Waals surface area contributed by atoms with Crippen molar-refractivity contribution in [3.63, 3.8) is 0 Å². The smallest absolute Gasteiger partial charge is 0.0493 e. The van der Waals surface area contributed by atoms with Gasteiger partial charge in [0.1, 0.15) is 0 Å². The molecule has 0 fully saturated rings. The summed E-state index contributed by atoms with van der Waals surface area (Å²) < 4.78 is 0. The van der Waals surface area contributed by atoms with Crippen LogP contribution in [-0.4, -0.2) is 0 Å². The summed E-state index contributed by atoms with van der Waals surface area (Å²) in [5.41, 5.74) is 19.3. The van der Waals surface area contributed by atoms with E-state index in [-0.39, 0.29) is 0 Å². The zero-order valence-electron chi connectivity index (χ0n) is 36.7. The fourth-order valence-corrected chi connectivity index (χ4v) is 8.09. The molecule has 8 rings (SSSR count). The standard InChI is InChI=1S/C60H56N2/c1-6-46-26-40-60(51(7-2)43-46)62(56-34-24-50(25-35-56)21-19-48-16-12-9-13-17-48)58-38-29-53(30-39-58)52-27-36-57(37-28-52)61(59-41-31-54(44(3)4)42-45(59)5)55-32-22-49(23-33-55)20-18-47-14-10-8-11-15-47/h8-44H,6-7H2,1-5H3. The van der Waals surface area contributed by atoms with Gasteiger partial charge < -0.3 is 9.80 Å². The van der Waals surface area contributed by atoms with Crippen molar-refractivity contribution in [2.24, 2.45) is 0 Å². The molecule has 0 aromatic heterocycles. The van der Waals surface area contributed by atoms with E-state index >= 15 is 0 Å². The Morgan fingerprint density at radius 2 is 0.806 bits per heavy atom. The van der Waals surface area contributed by atoms with Gasteiger partial charge in [-0.15, -0.1) is 0 Å². The van der Waals surface area contributed by atoms with Crippen LogP contribution in [0.2, 0.25) is 0 Å². The summed E-state index contributed by atoms with van der Waals surface area (Å²) in [7, 11) is 0. The van der Waals surface area contributed by atoms with E-state index in [0.717, 1.165) is 35.6 Å². The fraction of sp³-hybridized carbons (Fsp3) is 0.133. The molecule has 0 saturated carbocycles. The molecule has 0 aliphatic rings. The van der Waals surface area contributed by atoms with Gasteiger partial charge in [0.2, 0.25) is 0 Å². The average Bonchev–Trinajstić information content (AvgIpc) is 3.33. The molecule has 8 aromatic carbocycles. The average molecular weight is 805 g/mol. The molecular formula is C60H56N2. The summed E-state index contributed by atoms with van der Waals surface area (Å²) in [6, 6.07) is 70.6. The van der Waals surface area contributed by atoms with Crippen LogP contribution >= 0.6 is 0 Å². The molecule has 62 heavy (non-hydrogen) atoms. The van der Waals surface area contributed by atoms with Gasteiger partial charge in [-0.3, -0.25) is 0 Å². The zero-order valence-corrected chi connectivity index (χ0v) is 36.7. The Labute approximate surface area is 369 Å². The Kier molecular flexibility index (Phi) is 13.1. The monoisotopic (exact) mass is 804 g/mol. The highest BCUT2D eigenvalue weighted by molar-refractivity contribution is 5.83. The maximum absolute atomic E-state index is 2.41. The Bertz CT molecular complexity index is 2740. The lowest BCUT2D eigenvalue weighted by Crippen LogP contribution is -2.12. The van der Waals surface area contributed by atoms with Gasteiger partial charge in [-0.05, 0) is 142 Å². The third-order valence-electron chi connectivity index (χ3n) is 11.7. The molecule has 2 heteroatoms. The van der Waals surface area contributed by atoms with Crippen LogP contribution < -0.4 is 9.80 Å². The molecule has 0 radical (unpaired) electrons. The van der Waals surface area contributed by atoms with E-state index < -0.39 is 0 Å². The van der Waals surface area contributed by atoms with Crippen molar-refractivity contribution < 1.29 is 0 Å². The van der Waals surface area contributed by atoms with Crippen molar-refractivity contribution in [3.8, 4) is 11.1 Å². The summed E-state index contributed by atoms with van der Waals surface area (Å²) in [4.78, 5) is 4.79. The lowest BCUT2D eigenvalue weighted by Gasteiger charge is -2.28. The summed E-state index contributed by atoms with van der Waals surface area (Å²) in [6.07, 6.45) is 10.7. The van der Waals surface area contributed by atoms with Crippen LogP contribution in [0.1, 0.15) is 78.1 Å². The first-order valence-corrected chi connectivity index (χ1v) is 22.1. The third-order valence-corrected chi connectivity index (χ3v) is 11.7. The van der Waals surface area contributed by atoms with E-state index in [1.807, 2.05) is 0 Å². The van der Waals surface area contributed by atoms with E-state index in [9.17, 15) is 0 Å². The van der Waals surface area contributed by atoms with E-state index in [0.29, 0.717) is 5.92 Å². The summed E-state index contributed by atoms with van der Waals surface area (Å²) in [5, 5.41) is 0. The van der Waals surface area contributed by atoms with Crippen LogP contribution in [0.4, 0.5) is 34.1 Å². The molecule has 0 heterocycles. The van der Waals surface area contributed by atoms with Crippen molar-refractivity contribution in [2.45, 2.75) is 53.4 Å². The van der Waals surface area contributed by atoms with Gasteiger partial charge in [-0.1, -0.05) is 185 Å². The third kappa shape index (κ3) is 9.72. The minimum Gasteiger partial charge on any atom is -0.310 e. The molecule has 0 spiro atoms. The Balaban J connectivity index is 1.10. The number of hydrogen-bond acceptors (Lipinski definition) is 2. The normalized spacial score (nSPS) is 11.5. The summed E-state index contributed by atoms with van der Waals surface area (Å²) in [6.45, 7) is 11.2. The van der Waals surface area contributed by atoms with Crippen LogP contribution in [0.3, 0.4) is 0 Å². The lowest BCUT2D eigenvalue weighted by atomic mass is 9.99. The van der Waals surface area contributed by atoms with Crippen LogP contribution in [0.25, 0.3) is 35.4 Å². The molecule has 0 N–H and O–H groups in total. The Hall–Kier alpha value is -7.16. The molecule has 0 amide bonds. The van der Waals surface area contributed by atoms with Crippen LogP contribution in [0.5, 0.6) is 0 Å². The first-order chi connectivity index (χ1) is 30.4. The first-order valence-electron chi connectivity index (χ1n) is 22.1. The molecule has 0 aliphatic heterocycles. The zero-order chi connectivity index (χ0) is 42.8. The van der Waals surface area contributed by atoms with Crippen LogP contribution in [-0.2, 0) is 12.8 Å². The molecule has 8 aromatic rings. The van der Waals surface area contributed by atoms with E-state index in [1.54, 1.807) is 0 Å². The fourth-order valence-electron chi connectivity index (χ4n) is 8.09.